The summed E-state index contributed by atoms with van der Waals surface area (Å²) in [6.45, 7) is 0. The molecule has 5 aromatic rings. The minimum atomic E-state index is -0.678. The molecule has 36 heavy (non-hydrogen) atoms. The molecule has 4 nitrogen and oxygen atoms in total. The number of rotatable bonds is 9. The second-order valence-electron chi connectivity index (χ2n) is 8.75. The van der Waals surface area contributed by atoms with Crippen molar-refractivity contribution in [3.63, 3.8) is 0 Å². The van der Waals surface area contributed by atoms with Crippen molar-refractivity contribution in [1.82, 2.24) is 9.55 Å². The number of hydrogen-bond donors (Lipinski definition) is 0. The van der Waals surface area contributed by atoms with Gasteiger partial charge < -0.3 is 9.30 Å². The van der Waals surface area contributed by atoms with Crippen molar-refractivity contribution in [2.24, 2.45) is 0 Å². The Morgan fingerprint density at radius 1 is 0.778 bits per heavy atom. The van der Waals surface area contributed by atoms with Crippen molar-refractivity contribution < 1.29 is 9.53 Å². The van der Waals surface area contributed by atoms with Crippen LogP contribution in [0.25, 0.3) is 0 Å². The second kappa shape index (κ2) is 10.4. The van der Waals surface area contributed by atoms with Gasteiger partial charge in [0, 0.05) is 12.6 Å². The molecule has 4 heteroatoms. The van der Waals surface area contributed by atoms with Gasteiger partial charge in [-0.05, 0) is 40.8 Å². The van der Waals surface area contributed by atoms with Crippen molar-refractivity contribution >= 4 is 5.78 Å². The normalized spacial score (nSPS) is 11.2. The molecule has 5 rings (SSSR count). The van der Waals surface area contributed by atoms with Gasteiger partial charge in [0.15, 0.2) is 5.78 Å². The Labute approximate surface area is 211 Å². The largest absolute Gasteiger partial charge is 0.497 e. The molecule has 0 radical (unpaired) electrons. The Bertz CT molecular complexity index is 1330. The average molecular weight is 473 g/mol. The Morgan fingerprint density at radius 3 is 1.86 bits per heavy atom. The van der Waals surface area contributed by atoms with Gasteiger partial charge in [-0.1, -0.05) is 103 Å². The number of ketones is 1. The summed E-state index contributed by atoms with van der Waals surface area (Å²) in [5.74, 6) is 0.808. The van der Waals surface area contributed by atoms with E-state index in [9.17, 15) is 4.79 Å². The van der Waals surface area contributed by atoms with Crippen LogP contribution in [0.4, 0.5) is 0 Å². The molecule has 0 aliphatic carbocycles. The number of methoxy groups -OCH3 is 1. The number of carbonyl (C=O) groups is 1. The minimum Gasteiger partial charge on any atom is -0.497 e. The highest BCUT2D eigenvalue weighted by Crippen LogP contribution is 2.40. The zero-order chi connectivity index (χ0) is 24.8. The fourth-order valence-corrected chi connectivity index (χ4v) is 4.85. The molecule has 0 bridgehead atoms. The lowest BCUT2D eigenvalue weighted by Gasteiger charge is -2.37. The molecule has 0 unspecified atom stereocenters. The van der Waals surface area contributed by atoms with Crippen LogP contribution in [0.5, 0.6) is 5.75 Å². The van der Waals surface area contributed by atoms with E-state index >= 15 is 0 Å². The van der Waals surface area contributed by atoms with Gasteiger partial charge in [0.1, 0.15) is 17.0 Å². The second-order valence-corrected chi connectivity index (χ2v) is 8.75. The first-order valence-corrected chi connectivity index (χ1v) is 12.1. The van der Waals surface area contributed by atoms with Gasteiger partial charge in [-0.2, -0.15) is 0 Å². The van der Waals surface area contributed by atoms with E-state index in [1.54, 1.807) is 13.4 Å². The standard InChI is InChI=1S/C32H28N2O2/c1-36-29-19-11-12-25(22-29)20-21-31(35)30-23-34(24-33-30)32(26-13-5-2-6-14-26,27-15-7-3-8-16-27)28-17-9-4-10-18-28/h2-19,22-24H,20-21H2,1H3. The first-order valence-electron chi connectivity index (χ1n) is 12.1. The van der Waals surface area contributed by atoms with Crippen molar-refractivity contribution in [1.29, 1.82) is 0 Å². The van der Waals surface area contributed by atoms with Gasteiger partial charge in [0.2, 0.25) is 0 Å². The number of hydrogen-bond acceptors (Lipinski definition) is 3. The van der Waals surface area contributed by atoms with E-state index in [-0.39, 0.29) is 5.78 Å². The molecule has 4 aromatic carbocycles. The smallest absolute Gasteiger partial charge is 0.183 e. The predicted molar refractivity (Wildman–Crippen MR) is 142 cm³/mol. The topological polar surface area (TPSA) is 44.1 Å². The molecule has 0 aliphatic rings. The van der Waals surface area contributed by atoms with Crippen LogP contribution in [0.15, 0.2) is 128 Å². The van der Waals surface area contributed by atoms with Gasteiger partial charge in [-0.3, -0.25) is 4.79 Å². The van der Waals surface area contributed by atoms with E-state index in [4.69, 9.17) is 4.74 Å². The van der Waals surface area contributed by atoms with Crippen molar-refractivity contribution in [3.05, 3.63) is 156 Å². The van der Waals surface area contributed by atoms with Crippen LogP contribution in [-0.4, -0.2) is 22.4 Å². The Hall–Kier alpha value is -4.44. The van der Waals surface area contributed by atoms with Crippen LogP contribution >= 0.6 is 0 Å². The molecule has 0 saturated carbocycles. The zero-order valence-electron chi connectivity index (χ0n) is 20.2. The first-order chi connectivity index (χ1) is 17.7. The lowest BCUT2D eigenvalue weighted by atomic mass is 9.77. The van der Waals surface area contributed by atoms with Crippen LogP contribution in [0.3, 0.4) is 0 Å². The summed E-state index contributed by atoms with van der Waals surface area (Å²) in [6, 6.07) is 39.0. The summed E-state index contributed by atoms with van der Waals surface area (Å²) >= 11 is 0. The van der Waals surface area contributed by atoms with Crippen molar-refractivity contribution in [2.45, 2.75) is 18.4 Å². The molecule has 1 heterocycles. The third-order valence-corrected chi connectivity index (χ3v) is 6.61. The van der Waals surface area contributed by atoms with E-state index in [0.717, 1.165) is 28.0 Å². The fourth-order valence-electron chi connectivity index (χ4n) is 4.85. The summed E-state index contributed by atoms with van der Waals surface area (Å²) in [4.78, 5) is 17.8. The van der Waals surface area contributed by atoms with E-state index in [0.29, 0.717) is 18.5 Å². The molecule has 0 atom stereocenters. The number of nitrogens with zero attached hydrogens (tertiary/aromatic N) is 2. The number of ether oxygens (including phenoxy) is 1. The summed E-state index contributed by atoms with van der Waals surface area (Å²) in [5.41, 5.74) is 4.13. The number of benzene rings is 4. The number of aromatic nitrogens is 2. The number of Topliss-reactive ketones (excluding diaryl/α,β-unsaturated/α-hetero) is 1. The molecule has 0 saturated heterocycles. The summed E-state index contributed by atoms with van der Waals surface area (Å²) in [6.07, 6.45) is 4.68. The molecule has 0 fully saturated rings. The van der Waals surface area contributed by atoms with E-state index < -0.39 is 5.54 Å². The Morgan fingerprint density at radius 2 is 1.33 bits per heavy atom. The molecular weight excluding hydrogens is 444 g/mol. The highest BCUT2D eigenvalue weighted by Gasteiger charge is 2.38. The van der Waals surface area contributed by atoms with Crippen molar-refractivity contribution in [2.75, 3.05) is 7.11 Å². The SMILES string of the molecule is COc1cccc(CCC(=O)c2cn(C(c3ccccc3)(c3ccccc3)c3ccccc3)cn2)c1. The maximum atomic E-state index is 13.2. The van der Waals surface area contributed by atoms with Crippen LogP contribution in [-0.2, 0) is 12.0 Å². The monoisotopic (exact) mass is 472 g/mol. The molecule has 178 valence electrons. The fraction of sp³-hybridized carbons (Fsp3) is 0.125. The lowest BCUT2D eigenvalue weighted by molar-refractivity contribution is 0.0978. The highest BCUT2D eigenvalue weighted by atomic mass is 16.5. The van der Waals surface area contributed by atoms with Crippen LogP contribution < -0.4 is 4.74 Å². The number of carbonyl (C=O) groups excluding carboxylic acids is 1. The summed E-state index contributed by atoms with van der Waals surface area (Å²) < 4.78 is 7.39. The molecule has 0 spiro atoms. The van der Waals surface area contributed by atoms with E-state index in [1.807, 2.05) is 85.1 Å². The highest BCUT2D eigenvalue weighted by molar-refractivity contribution is 5.94. The van der Waals surface area contributed by atoms with Gasteiger partial charge in [-0.25, -0.2) is 4.98 Å². The molecule has 0 N–H and O–H groups in total. The molecule has 0 amide bonds. The van der Waals surface area contributed by atoms with E-state index in [1.165, 1.54) is 0 Å². The van der Waals surface area contributed by atoms with Gasteiger partial charge in [0.25, 0.3) is 0 Å². The van der Waals surface area contributed by atoms with Gasteiger partial charge in [-0.15, -0.1) is 0 Å². The Balaban J connectivity index is 1.56. The number of imidazole rings is 1. The van der Waals surface area contributed by atoms with Gasteiger partial charge in [0.05, 0.1) is 13.4 Å². The molecule has 0 aliphatic heterocycles. The van der Waals surface area contributed by atoms with Crippen LogP contribution in [0, 0.1) is 0 Å². The maximum absolute atomic E-state index is 13.2. The number of aryl methyl sites for hydroxylation is 1. The van der Waals surface area contributed by atoms with E-state index in [2.05, 4.69) is 45.9 Å². The first kappa shape index (κ1) is 23.3. The maximum Gasteiger partial charge on any atom is 0.183 e. The van der Waals surface area contributed by atoms with Crippen LogP contribution in [0.2, 0.25) is 0 Å². The quantitative estimate of drug-likeness (QED) is 0.181. The third-order valence-electron chi connectivity index (χ3n) is 6.61. The Kier molecular flexibility index (Phi) is 6.76. The minimum absolute atomic E-state index is 0.0136. The third kappa shape index (κ3) is 4.46. The molecular formula is C32H28N2O2. The molecule has 1 aromatic heterocycles. The van der Waals surface area contributed by atoms with Crippen LogP contribution in [0.1, 0.15) is 39.2 Å². The predicted octanol–water partition coefficient (Wildman–Crippen LogP) is 6.55. The zero-order valence-corrected chi connectivity index (χ0v) is 20.2. The summed E-state index contributed by atoms with van der Waals surface area (Å²) in [7, 11) is 1.65. The summed E-state index contributed by atoms with van der Waals surface area (Å²) in [5, 5.41) is 0. The average Bonchev–Trinajstić information content (AvgIpc) is 3.45. The lowest BCUT2D eigenvalue weighted by Crippen LogP contribution is -2.37. The van der Waals surface area contributed by atoms with Gasteiger partial charge >= 0.3 is 0 Å². The van der Waals surface area contributed by atoms with Crippen molar-refractivity contribution in [3.8, 4) is 5.75 Å².